The van der Waals surface area contributed by atoms with E-state index in [9.17, 15) is 9.59 Å². The van der Waals surface area contributed by atoms with Crippen LogP contribution in [0.15, 0.2) is 35.3 Å². The summed E-state index contributed by atoms with van der Waals surface area (Å²) >= 11 is 3.15. The molecule has 1 aromatic carbocycles. The fraction of sp³-hybridized carbons (Fsp3) is 0.182. The van der Waals surface area contributed by atoms with Crippen LogP contribution in [0.1, 0.15) is 10.4 Å². The molecule has 0 saturated heterocycles. The van der Waals surface area contributed by atoms with Crippen LogP contribution in [0, 0.1) is 0 Å². The van der Waals surface area contributed by atoms with Crippen molar-refractivity contribution in [1.82, 2.24) is 0 Å². The van der Waals surface area contributed by atoms with Gasteiger partial charge in [-0.1, -0.05) is 30.3 Å². The second kappa shape index (κ2) is 3.83. The van der Waals surface area contributed by atoms with Gasteiger partial charge in [-0.2, -0.15) is 0 Å². The molecule has 0 amide bonds. The molecule has 5 heteroatoms. The Bertz CT molecular complexity index is 483. The van der Waals surface area contributed by atoms with Crippen molar-refractivity contribution in [2.24, 2.45) is 4.99 Å². The fourth-order valence-corrected chi connectivity index (χ4v) is 1.91. The number of esters is 1. The van der Waals surface area contributed by atoms with Gasteiger partial charge < -0.3 is 4.74 Å². The molecule has 1 aliphatic heterocycles. The molecular formula is C11H8BrNO3. The number of methoxy groups -OCH3 is 1. The van der Waals surface area contributed by atoms with Crippen LogP contribution in [0.4, 0.5) is 0 Å². The van der Waals surface area contributed by atoms with E-state index in [-0.39, 0.29) is 11.5 Å². The number of ether oxygens (including phenoxy) is 1. The maximum absolute atomic E-state index is 12.0. The van der Waals surface area contributed by atoms with Gasteiger partial charge in [0.15, 0.2) is 5.71 Å². The van der Waals surface area contributed by atoms with E-state index in [4.69, 9.17) is 0 Å². The van der Waals surface area contributed by atoms with Gasteiger partial charge in [0.2, 0.25) is 10.2 Å². The average Bonchev–Trinajstić information content (AvgIpc) is 3.02. The molecule has 0 aromatic heterocycles. The molecule has 82 valence electrons. The molecule has 1 heterocycles. The molecule has 2 rings (SSSR count). The van der Waals surface area contributed by atoms with Crippen LogP contribution in [0.2, 0.25) is 0 Å². The van der Waals surface area contributed by atoms with Gasteiger partial charge in [-0.25, -0.2) is 9.79 Å². The number of aliphatic imine (C=N–C) groups is 1. The van der Waals surface area contributed by atoms with Crippen LogP contribution in [-0.2, 0) is 9.53 Å². The number of nitrogens with zero attached hydrogens (tertiary/aromatic N) is 1. The molecule has 0 fully saturated rings. The number of carbonyl (C=O) groups is 2. The number of rotatable bonds is 3. The van der Waals surface area contributed by atoms with Gasteiger partial charge in [-0.05, 0) is 15.9 Å². The monoisotopic (exact) mass is 281 g/mol. The largest absolute Gasteiger partial charge is 0.464 e. The van der Waals surface area contributed by atoms with Crippen LogP contribution < -0.4 is 0 Å². The highest BCUT2D eigenvalue weighted by molar-refractivity contribution is 9.10. The van der Waals surface area contributed by atoms with Crippen molar-refractivity contribution in [3.05, 3.63) is 35.9 Å². The molecule has 4 nitrogen and oxygen atoms in total. The topological polar surface area (TPSA) is 55.7 Å². The number of carbonyl (C=O) groups excluding carboxylic acids is 2. The van der Waals surface area contributed by atoms with Gasteiger partial charge in [0.05, 0.1) is 7.11 Å². The van der Waals surface area contributed by atoms with Crippen molar-refractivity contribution in [2.75, 3.05) is 7.11 Å². The molecule has 1 unspecified atom stereocenters. The van der Waals surface area contributed by atoms with E-state index in [1.54, 1.807) is 24.3 Å². The third-order valence-electron chi connectivity index (χ3n) is 2.25. The van der Waals surface area contributed by atoms with E-state index < -0.39 is 10.4 Å². The molecule has 0 N–H and O–H groups in total. The number of hydrogen-bond donors (Lipinski definition) is 0. The first-order valence-electron chi connectivity index (χ1n) is 4.57. The van der Waals surface area contributed by atoms with Gasteiger partial charge in [0.25, 0.3) is 0 Å². The average molecular weight is 282 g/mol. The lowest BCUT2D eigenvalue weighted by Gasteiger charge is -2.05. The quantitative estimate of drug-likeness (QED) is 0.366. The van der Waals surface area contributed by atoms with Crippen LogP contribution >= 0.6 is 15.9 Å². The Kier molecular flexibility index (Phi) is 2.63. The standard InChI is InChI=1S/C11H8BrNO3/c1-16-10(15)8-11(12,13-8)9(14)7-5-3-2-4-6-7/h2-6H,1H3. The second-order valence-corrected chi connectivity index (χ2v) is 4.42. The zero-order valence-corrected chi connectivity index (χ0v) is 10.0. The highest BCUT2D eigenvalue weighted by Crippen LogP contribution is 2.38. The van der Waals surface area contributed by atoms with Gasteiger partial charge in [0.1, 0.15) is 0 Å². The Morgan fingerprint density at radius 1 is 1.31 bits per heavy atom. The van der Waals surface area contributed by atoms with E-state index >= 15 is 0 Å². The zero-order chi connectivity index (χ0) is 11.8. The molecule has 0 spiro atoms. The molecule has 1 aliphatic rings. The first-order valence-corrected chi connectivity index (χ1v) is 5.36. The summed E-state index contributed by atoms with van der Waals surface area (Å²) in [7, 11) is 1.25. The van der Waals surface area contributed by atoms with Gasteiger partial charge in [0, 0.05) is 5.56 Å². The van der Waals surface area contributed by atoms with Crippen molar-refractivity contribution in [3.63, 3.8) is 0 Å². The number of benzene rings is 1. The Hall–Kier alpha value is -1.49. The predicted octanol–water partition coefficient (Wildman–Crippen LogP) is 1.59. The van der Waals surface area contributed by atoms with E-state index in [1.165, 1.54) is 7.11 Å². The molecule has 0 radical (unpaired) electrons. The molecule has 1 aromatic rings. The Morgan fingerprint density at radius 2 is 1.94 bits per heavy atom. The summed E-state index contributed by atoms with van der Waals surface area (Å²) in [6.07, 6.45) is 0. The molecular weight excluding hydrogens is 274 g/mol. The van der Waals surface area contributed by atoms with Gasteiger partial charge >= 0.3 is 5.97 Å². The van der Waals surface area contributed by atoms with Gasteiger partial charge in [-0.15, -0.1) is 0 Å². The number of alkyl halides is 1. The Balaban J connectivity index is 2.18. The lowest BCUT2D eigenvalue weighted by molar-refractivity contribution is -0.132. The number of Topliss-reactive ketones (excluding diaryl/α,β-unsaturated/α-hetero) is 1. The van der Waals surface area contributed by atoms with E-state index in [0.29, 0.717) is 5.56 Å². The highest BCUT2D eigenvalue weighted by Gasteiger charge is 2.56. The summed E-state index contributed by atoms with van der Waals surface area (Å²) in [5.74, 6) is -0.838. The van der Waals surface area contributed by atoms with Crippen molar-refractivity contribution >= 4 is 33.4 Å². The van der Waals surface area contributed by atoms with Crippen molar-refractivity contribution in [2.45, 2.75) is 4.45 Å². The highest BCUT2D eigenvalue weighted by atomic mass is 79.9. The fourth-order valence-electron chi connectivity index (χ4n) is 1.34. The minimum Gasteiger partial charge on any atom is -0.464 e. The SMILES string of the molecule is COC(=O)C1=NC1(Br)C(=O)c1ccccc1. The molecule has 1 atom stereocenters. The van der Waals surface area contributed by atoms with Crippen molar-refractivity contribution in [3.8, 4) is 0 Å². The Morgan fingerprint density at radius 3 is 2.50 bits per heavy atom. The second-order valence-electron chi connectivity index (χ2n) is 3.27. The van der Waals surface area contributed by atoms with Crippen LogP contribution in [0.25, 0.3) is 0 Å². The lowest BCUT2D eigenvalue weighted by atomic mass is 10.1. The zero-order valence-electron chi connectivity index (χ0n) is 8.44. The molecule has 16 heavy (non-hydrogen) atoms. The smallest absolute Gasteiger partial charge is 0.356 e. The molecule has 0 aliphatic carbocycles. The van der Waals surface area contributed by atoms with Crippen LogP contribution in [-0.4, -0.2) is 29.0 Å². The van der Waals surface area contributed by atoms with Crippen molar-refractivity contribution in [1.29, 1.82) is 0 Å². The first-order chi connectivity index (χ1) is 7.59. The third-order valence-corrected chi connectivity index (χ3v) is 3.16. The first kappa shape index (κ1) is 11.0. The summed E-state index contributed by atoms with van der Waals surface area (Å²) in [5, 5.41) is 0. The number of halogens is 1. The maximum Gasteiger partial charge on any atom is 0.356 e. The lowest BCUT2D eigenvalue weighted by Crippen LogP contribution is -2.28. The molecule has 0 bridgehead atoms. The predicted molar refractivity (Wildman–Crippen MR) is 61.9 cm³/mol. The number of ketones is 1. The van der Waals surface area contributed by atoms with E-state index in [0.717, 1.165) is 0 Å². The summed E-state index contributed by atoms with van der Waals surface area (Å²) < 4.78 is 3.30. The van der Waals surface area contributed by atoms with E-state index in [1.807, 2.05) is 6.07 Å². The minimum atomic E-state index is -1.21. The van der Waals surface area contributed by atoms with Crippen LogP contribution in [0.3, 0.4) is 0 Å². The normalized spacial score (nSPS) is 22.2. The third kappa shape index (κ3) is 1.67. The van der Waals surface area contributed by atoms with Crippen molar-refractivity contribution < 1.29 is 14.3 Å². The maximum atomic E-state index is 12.0. The number of hydrogen-bond acceptors (Lipinski definition) is 4. The van der Waals surface area contributed by atoms with Crippen LogP contribution in [0.5, 0.6) is 0 Å². The summed E-state index contributed by atoms with van der Waals surface area (Å²) in [6, 6.07) is 8.67. The molecule has 0 saturated carbocycles. The van der Waals surface area contributed by atoms with Gasteiger partial charge in [-0.3, -0.25) is 4.79 Å². The summed E-state index contributed by atoms with van der Waals surface area (Å²) in [6.45, 7) is 0. The summed E-state index contributed by atoms with van der Waals surface area (Å²) in [5.41, 5.74) is 0.617. The Labute approximate surface area is 100 Å². The summed E-state index contributed by atoms with van der Waals surface area (Å²) in [4.78, 5) is 27.0. The minimum absolute atomic E-state index is 0.115. The van der Waals surface area contributed by atoms with E-state index in [2.05, 4.69) is 25.7 Å².